The van der Waals surface area contributed by atoms with Crippen molar-refractivity contribution in [1.29, 1.82) is 0 Å². The number of Topliss-reactive ketones (excluding diaryl/α,β-unsaturated/α-hetero) is 1. The Morgan fingerprint density at radius 1 is 0.821 bits per heavy atom. The number of nitrogens with zero attached hydrogens (tertiary/aromatic N) is 1. The lowest BCUT2D eigenvalue weighted by Gasteiger charge is -2.47. The summed E-state index contributed by atoms with van der Waals surface area (Å²) in [6, 6.07) is 24.4. The van der Waals surface area contributed by atoms with Crippen molar-refractivity contribution >= 4 is 11.9 Å². The van der Waals surface area contributed by atoms with E-state index in [1.165, 1.54) is 22.3 Å². The summed E-state index contributed by atoms with van der Waals surface area (Å²) in [5.74, 6) is 0.903. The van der Waals surface area contributed by atoms with Crippen LogP contribution in [0, 0.1) is 5.92 Å². The van der Waals surface area contributed by atoms with Crippen LogP contribution < -0.4 is 4.74 Å². The Balaban J connectivity index is 1.12. The van der Waals surface area contributed by atoms with E-state index in [9.17, 15) is 9.59 Å². The van der Waals surface area contributed by atoms with Crippen molar-refractivity contribution in [3.05, 3.63) is 89.5 Å². The number of hydrogen-bond donors (Lipinski definition) is 0. The molecule has 2 aliphatic heterocycles. The number of piperidine rings is 2. The van der Waals surface area contributed by atoms with E-state index in [0.29, 0.717) is 25.0 Å². The van der Waals surface area contributed by atoms with E-state index >= 15 is 0 Å². The molecule has 6 rings (SSSR count). The van der Waals surface area contributed by atoms with Gasteiger partial charge in [-0.3, -0.25) is 4.79 Å². The summed E-state index contributed by atoms with van der Waals surface area (Å²) in [5.41, 5.74) is 5.32. The third-order valence-corrected chi connectivity index (χ3v) is 8.46. The molecule has 1 aliphatic carbocycles. The van der Waals surface area contributed by atoms with Crippen molar-refractivity contribution in [2.75, 3.05) is 6.61 Å². The highest BCUT2D eigenvalue weighted by molar-refractivity contribution is 5.98. The zero-order valence-electron chi connectivity index (χ0n) is 23.1. The maximum absolute atomic E-state index is 13.5. The minimum atomic E-state index is -0.283. The number of ketones is 1. The second kappa shape index (κ2) is 10.2. The van der Waals surface area contributed by atoms with Crippen LogP contribution in [0.1, 0.15) is 80.3 Å². The molecule has 2 fully saturated rings. The van der Waals surface area contributed by atoms with Gasteiger partial charge in [0.05, 0.1) is 0 Å². The summed E-state index contributed by atoms with van der Waals surface area (Å²) in [6.07, 6.45) is 4.08. The Kier molecular flexibility index (Phi) is 6.70. The van der Waals surface area contributed by atoms with E-state index in [4.69, 9.17) is 9.47 Å². The van der Waals surface area contributed by atoms with E-state index in [1.807, 2.05) is 49.9 Å². The fourth-order valence-corrected chi connectivity index (χ4v) is 6.84. The highest BCUT2D eigenvalue weighted by atomic mass is 16.6. The van der Waals surface area contributed by atoms with Crippen LogP contribution >= 0.6 is 0 Å². The van der Waals surface area contributed by atoms with Crippen molar-refractivity contribution in [3.8, 4) is 16.9 Å². The normalized spacial score (nSPS) is 22.1. The molecule has 0 aromatic heterocycles. The van der Waals surface area contributed by atoms with Gasteiger partial charge in [0.25, 0.3) is 0 Å². The van der Waals surface area contributed by atoms with Gasteiger partial charge in [-0.15, -0.1) is 0 Å². The van der Waals surface area contributed by atoms with E-state index < -0.39 is 0 Å². The monoisotopic (exact) mass is 523 g/mol. The Bertz CT molecular complexity index is 1310. The lowest BCUT2D eigenvalue weighted by molar-refractivity contribution is 0.00650. The van der Waals surface area contributed by atoms with Crippen LogP contribution in [0.4, 0.5) is 4.79 Å². The SMILES string of the molecule is CC(C)(C)Oc1ccc(C(=O)C2CC3CCCC(C2)N3C(=O)OCC2c3ccccc3-c3ccccc32)cc1. The number of hydrogen-bond acceptors (Lipinski definition) is 4. The highest BCUT2D eigenvalue weighted by Crippen LogP contribution is 2.45. The zero-order valence-corrected chi connectivity index (χ0v) is 23.1. The summed E-state index contributed by atoms with van der Waals surface area (Å²) >= 11 is 0. The molecule has 0 saturated carbocycles. The minimum Gasteiger partial charge on any atom is -0.488 e. The molecular weight excluding hydrogens is 486 g/mol. The first-order valence-corrected chi connectivity index (χ1v) is 14.2. The van der Waals surface area contributed by atoms with Gasteiger partial charge in [-0.2, -0.15) is 0 Å². The quantitative estimate of drug-likeness (QED) is 0.323. The number of fused-ring (bicyclic) bond motifs is 5. The first-order valence-electron chi connectivity index (χ1n) is 14.2. The van der Waals surface area contributed by atoms with Crippen molar-refractivity contribution in [1.82, 2.24) is 4.90 Å². The number of benzene rings is 3. The van der Waals surface area contributed by atoms with Gasteiger partial charge in [-0.25, -0.2) is 4.79 Å². The number of rotatable bonds is 5. The van der Waals surface area contributed by atoms with E-state index in [2.05, 4.69) is 48.5 Å². The highest BCUT2D eigenvalue weighted by Gasteiger charge is 2.44. The van der Waals surface area contributed by atoms with Crippen LogP contribution in [-0.2, 0) is 4.74 Å². The minimum absolute atomic E-state index is 0.0468. The number of amides is 1. The standard InChI is InChI=1S/C34H37NO4/c1-34(2,3)39-26-17-15-22(16-18-26)32(36)23-19-24-9-8-10-25(20-23)35(24)33(37)38-21-31-29-13-6-4-11-27(29)28-12-5-7-14-30(28)31/h4-7,11-18,23-25,31H,8-10,19-21H2,1-3H3. The van der Waals surface area contributed by atoms with Gasteiger partial charge in [-0.05, 0) is 99.4 Å². The van der Waals surface area contributed by atoms with E-state index in [1.54, 1.807) is 0 Å². The summed E-state index contributed by atoms with van der Waals surface area (Å²) in [7, 11) is 0. The first-order chi connectivity index (χ1) is 18.8. The smallest absolute Gasteiger partial charge is 0.410 e. The van der Waals surface area contributed by atoms with Gasteiger partial charge in [0.1, 0.15) is 18.0 Å². The van der Waals surface area contributed by atoms with Gasteiger partial charge in [0.2, 0.25) is 0 Å². The molecule has 202 valence electrons. The lowest BCUT2D eigenvalue weighted by Crippen LogP contribution is -2.55. The molecule has 39 heavy (non-hydrogen) atoms. The Labute approximate surface area is 231 Å². The summed E-state index contributed by atoms with van der Waals surface area (Å²) in [6.45, 7) is 6.35. The molecule has 2 bridgehead atoms. The van der Waals surface area contributed by atoms with Crippen molar-refractivity contribution in [2.24, 2.45) is 5.92 Å². The molecule has 0 spiro atoms. The molecule has 1 amide bonds. The fourth-order valence-electron chi connectivity index (χ4n) is 6.84. The number of carbonyl (C=O) groups excluding carboxylic acids is 2. The van der Waals surface area contributed by atoms with Crippen molar-refractivity contribution in [2.45, 2.75) is 76.5 Å². The Morgan fingerprint density at radius 3 is 1.95 bits per heavy atom. The average Bonchev–Trinajstić information content (AvgIpc) is 3.24. The molecule has 5 heteroatoms. The molecule has 2 heterocycles. The van der Waals surface area contributed by atoms with Crippen LogP contribution in [0.15, 0.2) is 72.8 Å². The van der Waals surface area contributed by atoms with Crippen LogP contribution in [0.25, 0.3) is 11.1 Å². The molecule has 3 aliphatic rings. The predicted octanol–water partition coefficient (Wildman–Crippen LogP) is 7.63. The summed E-state index contributed by atoms with van der Waals surface area (Å²) in [5, 5.41) is 0. The molecule has 0 radical (unpaired) electrons. The molecule has 0 N–H and O–H groups in total. The van der Waals surface area contributed by atoms with E-state index in [-0.39, 0.29) is 41.4 Å². The molecule has 3 aromatic carbocycles. The van der Waals surface area contributed by atoms with Gasteiger partial charge >= 0.3 is 6.09 Å². The maximum Gasteiger partial charge on any atom is 0.410 e. The van der Waals surface area contributed by atoms with Crippen LogP contribution in [0.3, 0.4) is 0 Å². The molecule has 2 unspecified atom stereocenters. The lowest BCUT2D eigenvalue weighted by atomic mass is 9.76. The third kappa shape index (κ3) is 5.07. The van der Waals surface area contributed by atoms with Gasteiger partial charge < -0.3 is 14.4 Å². The van der Waals surface area contributed by atoms with Crippen molar-refractivity contribution in [3.63, 3.8) is 0 Å². The number of carbonyl (C=O) groups is 2. The van der Waals surface area contributed by atoms with E-state index in [0.717, 1.165) is 25.0 Å². The van der Waals surface area contributed by atoms with Gasteiger partial charge in [0.15, 0.2) is 5.78 Å². The molecule has 2 saturated heterocycles. The topological polar surface area (TPSA) is 55.8 Å². The fraction of sp³-hybridized carbons (Fsp3) is 0.412. The average molecular weight is 524 g/mol. The third-order valence-electron chi connectivity index (χ3n) is 8.46. The second-order valence-electron chi connectivity index (χ2n) is 12.2. The maximum atomic E-state index is 13.5. The Hall–Kier alpha value is -3.60. The molecule has 2 atom stereocenters. The largest absolute Gasteiger partial charge is 0.488 e. The summed E-state index contributed by atoms with van der Waals surface area (Å²) < 4.78 is 11.9. The number of ether oxygens (including phenoxy) is 2. The van der Waals surface area contributed by atoms with Gasteiger partial charge in [0, 0.05) is 29.5 Å². The summed E-state index contributed by atoms with van der Waals surface area (Å²) in [4.78, 5) is 28.9. The van der Waals surface area contributed by atoms with Crippen LogP contribution in [-0.4, -0.2) is 41.1 Å². The molecular formula is C34H37NO4. The van der Waals surface area contributed by atoms with Crippen LogP contribution in [0.2, 0.25) is 0 Å². The Morgan fingerprint density at radius 2 is 1.38 bits per heavy atom. The predicted molar refractivity (Wildman–Crippen MR) is 152 cm³/mol. The second-order valence-corrected chi connectivity index (χ2v) is 12.2. The van der Waals surface area contributed by atoms with Crippen molar-refractivity contribution < 1.29 is 19.1 Å². The molecule has 3 aromatic rings. The zero-order chi connectivity index (χ0) is 27.1. The molecule has 5 nitrogen and oxygen atoms in total. The first kappa shape index (κ1) is 25.7. The van der Waals surface area contributed by atoms with Gasteiger partial charge in [-0.1, -0.05) is 48.5 Å². The van der Waals surface area contributed by atoms with Crippen LogP contribution in [0.5, 0.6) is 5.75 Å².